The Labute approximate surface area is 166 Å². The molecule has 1 aromatic carbocycles. The predicted octanol–water partition coefficient (Wildman–Crippen LogP) is 3.82. The number of hydrogen-bond acceptors (Lipinski definition) is 8. The van der Waals surface area contributed by atoms with Crippen LogP contribution in [0.3, 0.4) is 0 Å². The summed E-state index contributed by atoms with van der Waals surface area (Å²) in [5.74, 6) is 2.02. The number of fused-ring (bicyclic) bond motifs is 2. The van der Waals surface area contributed by atoms with Gasteiger partial charge in [0.25, 0.3) is 5.69 Å². The molecule has 28 heavy (non-hydrogen) atoms. The Balaban J connectivity index is 1.89. The number of aliphatic hydroxyl groups excluding tert-OH is 1. The van der Waals surface area contributed by atoms with Crippen LogP contribution in [0.25, 0.3) is 0 Å². The second kappa shape index (κ2) is 7.67. The molecule has 2 fully saturated rings. The van der Waals surface area contributed by atoms with Gasteiger partial charge in [0.05, 0.1) is 22.5 Å². The van der Waals surface area contributed by atoms with Gasteiger partial charge in [0, 0.05) is 28.7 Å². The number of thioether (sulfide) groups is 1. The molecule has 2 atom stereocenters. The van der Waals surface area contributed by atoms with Gasteiger partial charge in [0.1, 0.15) is 5.69 Å². The van der Waals surface area contributed by atoms with Crippen LogP contribution < -0.4 is 5.43 Å². The van der Waals surface area contributed by atoms with Gasteiger partial charge in [-0.15, -0.1) is 0 Å². The number of nitro benzene ring substituents is 2. The van der Waals surface area contributed by atoms with Gasteiger partial charge >= 0.3 is 5.69 Å². The lowest BCUT2D eigenvalue weighted by Gasteiger charge is -2.38. The molecule has 2 N–H and O–H groups in total. The van der Waals surface area contributed by atoms with Crippen LogP contribution in [0.15, 0.2) is 23.3 Å². The van der Waals surface area contributed by atoms with Crippen LogP contribution in [0.4, 0.5) is 17.1 Å². The lowest BCUT2D eigenvalue weighted by Crippen LogP contribution is -2.39. The number of aliphatic hydroxyl groups is 1. The van der Waals surface area contributed by atoms with E-state index < -0.39 is 9.85 Å². The summed E-state index contributed by atoms with van der Waals surface area (Å²) in [5, 5.41) is 35.9. The van der Waals surface area contributed by atoms with Crippen LogP contribution in [0, 0.1) is 37.0 Å². The monoisotopic (exact) mass is 408 g/mol. The lowest BCUT2D eigenvalue weighted by molar-refractivity contribution is -0.393. The van der Waals surface area contributed by atoms with E-state index in [-0.39, 0.29) is 34.5 Å². The summed E-state index contributed by atoms with van der Waals surface area (Å²) in [6, 6.07) is 3.50. The molecule has 2 saturated carbocycles. The fourth-order valence-corrected chi connectivity index (χ4v) is 5.91. The molecule has 0 saturated heterocycles. The van der Waals surface area contributed by atoms with Gasteiger partial charge in [-0.3, -0.25) is 25.7 Å². The molecule has 0 radical (unpaired) electrons. The second-order valence-corrected chi connectivity index (χ2v) is 9.01. The zero-order chi connectivity index (χ0) is 20.5. The molecule has 2 bridgehead atoms. The quantitative estimate of drug-likeness (QED) is 0.380. The number of hydrazone groups is 1. The third-order valence-electron chi connectivity index (χ3n) is 6.45. The van der Waals surface area contributed by atoms with Crippen molar-refractivity contribution < 1.29 is 15.0 Å². The fourth-order valence-electron chi connectivity index (χ4n) is 4.61. The predicted molar refractivity (Wildman–Crippen MR) is 109 cm³/mol. The van der Waals surface area contributed by atoms with E-state index in [4.69, 9.17) is 5.11 Å². The zero-order valence-electron chi connectivity index (χ0n) is 15.9. The summed E-state index contributed by atoms with van der Waals surface area (Å²) in [4.78, 5) is 20.9. The number of nitrogens with one attached hydrogen (secondary N) is 1. The van der Waals surface area contributed by atoms with Crippen LogP contribution in [0.1, 0.15) is 33.1 Å². The first-order valence-corrected chi connectivity index (χ1v) is 10.3. The van der Waals surface area contributed by atoms with Gasteiger partial charge in [-0.2, -0.15) is 16.9 Å². The van der Waals surface area contributed by atoms with Gasteiger partial charge in [0.15, 0.2) is 0 Å². The molecule has 0 amide bonds. The highest BCUT2D eigenvalue weighted by molar-refractivity contribution is 7.99. The van der Waals surface area contributed by atoms with Crippen LogP contribution in [0.5, 0.6) is 0 Å². The first kappa shape index (κ1) is 20.5. The van der Waals surface area contributed by atoms with E-state index in [0.29, 0.717) is 11.7 Å². The molecule has 0 aliphatic heterocycles. The number of anilines is 1. The molecule has 1 aromatic rings. The number of non-ortho nitro benzene ring substituents is 1. The molecule has 0 unspecified atom stereocenters. The van der Waals surface area contributed by atoms with Gasteiger partial charge in [-0.1, -0.05) is 13.8 Å². The molecular weight excluding hydrogens is 384 g/mol. The molecule has 3 rings (SSSR count). The standard InChI is InChI=1S/C18H24N4O5S/c1-17(2)12-5-6-18(17,11-28-8-7-23)16(9-12)20-19-14-4-3-13(21(24)25)10-15(14)22(26)27/h3-4,10,12,19,23H,5-9,11H2,1-2H3/b20-16-/t12-,18-/m1/s1. The fraction of sp³-hybridized carbons (Fsp3) is 0.611. The van der Waals surface area contributed by atoms with E-state index in [1.165, 1.54) is 12.1 Å². The molecule has 0 aromatic heterocycles. The summed E-state index contributed by atoms with van der Waals surface area (Å²) >= 11 is 1.70. The van der Waals surface area contributed by atoms with Gasteiger partial charge in [-0.25, -0.2) is 0 Å². The van der Waals surface area contributed by atoms with Crippen molar-refractivity contribution in [2.45, 2.75) is 33.1 Å². The third kappa shape index (κ3) is 3.35. The second-order valence-electron chi connectivity index (χ2n) is 7.91. The number of nitrogens with zero attached hydrogens (tertiary/aromatic N) is 3. The lowest BCUT2D eigenvalue weighted by atomic mass is 9.70. The maximum atomic E-state index is 11.3. The van der Waals surface area contributed by atoms with Crippen molar-refractivity contribution in [2.75, 3.05) is 23.5 Å². The summed E-state index contributed by atoms with van der Waals surface area (Å²) in [5.41, 5.74) is 3.19. The molecule has 2 aliphatic carbocycles. The molecule has 152 valence electrons. The number of hydrogen-bond donors (Lipinski definition) is 2. The molecule has 2 aliphatic rings. The van der Waals surface area contributed by atoms with Crippen molar-refractivity contribution in [2.24, 2.45) is 21.8 Å². The molecule has 9 nitrogen and oxygen atoms in total. The van der Waals surface area contributed by atoms with Gasteiger partial charge in [0.2, 0.25) is 0 Å². The summed E-state index contributed by atoms with van der Waals surface area (Å²) in [7, 11) is 0. The van der Waals surface area contributed by atoms with Gasteiger partial charge in [-0.05, 0) is 36.7 Å². The van der Waals surface area contributed by atoms with Crippen molar-refractivity contribution in [3.05, 3.63) is 38.4 Å². The van der Waals surface area contributed by atoms with Crippen LogP contribution in [0.2, 0.25) is 0 Å². The SMILES string of the molecule is CC1(C)[C@@H]2CC[C@@]1(CSCCO)/C(=N\Nc1ccc([N+](=O)[O-])cc1[N+](=O)[O-])C2. The van der Waals surface area contributed by atoms with Gasteiger partial charge < -0.3 is 5.11 Å². The zero-order valence-corrected chi connectivity index (χ0v) is 16.7. The highest BCUT2D eigenvalue weighted by Crippen LogP contribution is 2.65. The minimum absolute atomic E-state index is 0.0668. The van der Waals surface area contributed by atoms with E-state index in [2.05, 4.69) is 24.4 Å². The van der Waals surface area contributed by atoms with Crippen LogP contribution in [-0.4, -0.2) is 38.8 Å². The normalized spacial score (nSPS) is 26.5. The average molecular weight is 408 g/mol. The Kier molecular flexibility index (Phi) is 5.62. The molecule has 0 spiro atoms. The topological polar surface area (TPSA) is 131 Å². The van der Waals surface area contributed by atoms with Crippen molar-refractivity contribution in [3.8, 4) is 0 Å². The average Bonchev–Trinajstić information content (AvgIpc) is 3.01. The number of benzene rings is 1. The van der Waals surface area contributed by atoms with Crippen molar-refractivity contribution in [1.29, 1.82) is 0 Å². The van der Waals surface area contributed by atoms with E-state index in [1.54, 1.807) is 11.8 Å². The van der Waals surface area contributed by atoms with E-state index >= 15 is 0 Å². The Hall–Kier alpha value is -2.20. The summed E-state index contributed by atoms with van der Waals surface area (Å²) in [6.45, 7) is 4.63. The molecular formula is C18H24N4O5S. The highest BCUT2D eigenvalue weighted by Gasteiger charge is 2.62. The van der Waals surface area contributed by atoms with E-state index in [1.807, 2.05) is 0 Å². The Morgan fingerprint density at radius 3 is 2.68 bits per heavy atom. The van der Waals surface area contributed by atoms with Crippen LogP contribution >= 0.6 is 11.8 Å². The summed E-state index contributed by atoms with van der Waals surface area (Å²) in [6.07, 6.45) is 2.97. The first-order chi connectivity index (χ1) is 13.2. The highest BCUT2D eigenvalue weighted by atomic mass is 32.2. The summed E-state index contributed by atoms with van der Waals surface area (Å²) < 4.78 is 0. The van der Waals surface area contributed by atoms with Crippen molar-refractivity contribution in [3.63, 3.8) is 0 Å². The Bertz CT molecular complexity index is 828. The Morgan fingerprint density at radius 1 is 1.32 bits per heavy atom. The molecule has 0 heterocycles. The number of rotatable bonds is 8. The minimum atomic E-state index is -0.658. The maximum Gasteiger partial charge on any atom is 0.301 e. The minimum Gasteiger partial charge on any atom is -0.396 e. The van der Waals surface area contributed by atoms with Crippen molar-refractivity contribution >= 4 is 34.5 Å². The van der Waals surface area contributed by atoms with Crippen LogP contribution in [-0.2, 0) is 0 Å². The smallest absolute Gasteiger partial charge is 0.301 e. The molecule has 10 heteroatoms. The maximum absolute atomic E-state index is 11.3. The third-order valence-corrected chi connectivity index (χ3v) is 7.62. The Morgan fingerprint density at radius 2 is 2.07 bits per heavy atom. The van der Waals surface area contributed by atoms with E-state index in [9.17, 15) is 20.2 Å². The first-order valence-electron chi connectivity index (χ1n) is 9.17. The number of nitro groups is 2. The van der Waals surface area contributed by atoms with E-state index in [0.717, 1.165) is 36.8 Å². The largest absolute Gasteiger partial charge is 0.396 e. The van der Waals surface area contributed by atoms with Crippen molar-refractivity contribution in [1.82, 2.24) is 0 Å².